The molecule has 0 spiro atoms. The first-order chi connectivity index (χ1) is 7.50. The number of nitrogens with zero attached hydrogens (tertiary/aromatic N) is 2. The summed E-state index contributed by atoms with van der Waals surface area (Å²) < 4.78 is 0. The zero-order valence-electron chi connectivity index (χ0n) is 9.73. The van der Waals surface area contributed by atoms with E-state index in [0.717, 1.165) is 12.2 Å². The number of thiazole rings is 1. The number of aliphatic carboxylic acids is 1. The van der Waals surface area contributed by atoms with Crippen LogP contribution < -0.4 is 5.32 Å². The molecule has 1 aromatic heterocycles. The second-order valence-electron chi connectivity index (χ2n) is 3.86. The van der Waals surface area contributed by atoms with Crippen molar-refractivity contribution < 1.29 is 9.90 Å². The SMILES string of the molecule is Cc1csc(C(NCCN(C)C)C(=O)O)n1. The van der Waals surface area contributed by atoms with Gasteiger partial charge in [0.2, 0.25) is 0 Å². The highest BCUT2D eigenvalue weighted by Gasteiger charge is 2.21. The third kappa shape index (κ3) is 3.88. The Morgan fingerprint density at radius 3 is 2.81 bits per heavy atom. The van der Waals surface area contributed by atoms with E-state index in [0.29, 0.717) is 11.6 Å². The Labute approximate surface area is 99.1 Å². The van der Waals surface area contributed by atoms with E-state index >= 15 is 0 Å². The van der Waals surface area contributed by atoms with Crippen LogP contribution in [0, 0.1) is 6.92 Å². The second-order valence-corrected chi connectivity index (χ2v) is 4.75. The number of hydrogen-bond acceptors (Lipinski definition) is 5. The van der Waals surface area contributed by atoms with E-state index < -0.39 is 12.0 Å². The van der Waals surface area contributed by atoms with Crippen LogP contribution in [0.15, 0.2) is 5.38 Å². The van der Waals surface area contributed by atoms with Crippen LogP contribution in [0.4, 0.5) is 0 Å². The van der Waals surface area contributed by atoms with Gasteiger partial charge in [0, 0.05) is 24.2 Å². The zero-order valence-corrected chi connectivity index (χ0v) is 10.5. The van der Waals surface area contributed by atoms with Crippen LogP contribution >= 0.6 is 11.3 Å². The minimum atomic E-state index is -0.881. The van der Waals surface area contributed by atoms with Gasteiger partial charge in [0.1, 0.15) is 5.01 Å². The van der Waals surface area contributed by atoms with E-state index in [1.54, 1.807) is 0 Å². The molecule has 1 unspecified atom stereocenters. The van der Waals surface area contributed by atoms with Crippen LogP contribution in [0.3, 0.4) is 0 Å². The van der Waals surface area contributed by atoms with E-state index in [9.17, 15) is 4.79 Å². The fourth-order valence-corrected chi connectivity index (χ4v) is 2.08. The summed E-state index contributed by atoms with van der Waals surface area (Å²) in [6.07, 6.45) is 0. The highest BCUT2D eigenvalue weighted by Crippen LogP contribution is 2.17. The molecular weight excluding hydrogens is 226 g/mol. The maximum absolute atomic E-state index is 11.1. The molecule has 1 aromatic rings. The summed E-state index contributed by atoms with van der Waals surface area (Å²) in [5, 5.41) is 14.6. The molecule has 0 amide bonds. The van der Waals surface area contributed by atoms with Gasteiger partial charge in [-0.2, -0.15) is 0 Å². The molecule has 0 radical (unpaired) electrons. The Morgan fingerprint density at radius 1 is 1.69 bits per heavy atom. The van der Waals surface area contributed by atoms with Crippen molar-refractivity contribution in [3.8, 4) is 0 Å². The molecule has 5 nitrogen and oxygen atoms in total. The van der Waals surface area contributed by atoms with Gasteiger partial charge in [-0.1, -0.05) is 0 Å². The number of likely N-dealkylation sites (N-methyl/N-ethyl adjacent to an activating group) is 1. The third-order valence-corrected chi connectivity index (χ3v) is 3.07. The van der Waals surface area contributed by atoms with Crippen molar-refractivity contribution in [2.24, 2.45) is 0 Å². The van der Waals surface area contributed by atoms with Crippen LogP contribution in [0.25, 0.3) is 0 Å². The summed E-state index contributed by atoms with van der Waals surface area (Å²) >= 11 is 1.38. The first kappa shape index (κ1) is 13.1. The molecule has 1 atom stereocenters. The molecule has 0 bridgehead atoms. The van der Waals surface area contributed by atoms with Gasteiger partial charge in [0.15, 0.2) is 6.04 Å². The molecule has 0 aliphatic rings. The Kier molecular flexibility index (Phi) is 4.85. The van der Waals surface area contributed by atoms with Crippen molar-refractivity contribution in [3.63, 3.8) is 0 Å². The second kappa shape index (κ2) is 5.93. The van der Waals surface area contributed by atoms with Crippen molar-refractivity contribution in [1.82, 2.24) is 15.2 Å². The number of carboxylic acids is 1. The maximum Gasteiger partial charge on any atom is 0.327 e. The number of carbonyl (C=O) groups is 1. The third-order valence-electron chi connectivity index (χ3n) is 2.04. The predicted octanol–water partition coefficient (Wildman–Crippen LogP) is 0.728. The molecule has 6 heteroatoms. The van der Waals surface area contributed by atoms with Gasteiger partial charge in [-0.05, 0) is 21.0 Å². The van der Waals surface area contributed by atoms with Gasteiger partial charge in [-0.15, -0.1) is 11.3 Å². The molecule has 0 aliphatic carbocycles. The molecule has 0 aliphatic heterocycles. The zero-order chi connectivity index (χ0) is 12.1. The number of aryl methyl sites for hydroxylation is 1. The van der Waals surface area contributed by atoms with E-state index in [4.69, 9.17) is 5.11 Å². The molecule has 0 saturated carbocycles. The smallest absolute Gasteiger partial charge is 0.327 e. The first-order valence-corrected chi connectivity index (χ1v) is 5.91. The van der Waals surface area contributed by atoms with Crippen molar-refractivity contribution in [1.29, 1.82) is 0 Å². The number of rotatable bonds is 6. The molecular formula is C10H17N3O2S. The van der Waals surface area contributed by atoms with E-state index in [2.05, 4.69) is 10.3 Å². The Hall–Kier alpha value is -0.980. The number of carboxylic acid groups (broad SMARTS) is 1. The van der Waals surface area contributed by atoms with Crippen LogP contribution in [0.2, 0.25) is 0 Å². The van der Waals surface area contributed by atoms with Crippen molar-refractivity contribution in [2.45, 2.75) is 13.0 Å². The lowest BCUT2D eigenvalue weighted by molar-refractivity contribution is -0.139. The average molecular weight is 243 g/mol. The highest BCUT2D eigenvalue weighted by atomic mass is 32.1. The predicted molar refractivity (Wildman–Crippen MR) is 63.8 cm³/mol. The van der Waals surface area contributed by atoms with Gasteiger partial charge in [0.25, 0.3) is 0 Å². The molecule has 0 saturated heterocycles. The van der Waals surface area contributed by atoms with Crippen LogP contribution in [-0.4, -0.2) is 48.1 Å². The van der Waals surface area contributed by atoms with Gasteiger partial charge >= 0.3 is 5.97 Å². The number of aromatic nitrogens is 1. The van der Waals surface area contributed by atoms with Crippen LogP contribution in [0.1, 0.15) is 16.7 Å². The minimum absolute atomic E-state index is 0.615. The fourth-order valence-electron chi connectivity index (χ4n) is 1.22. The molecule has 16 heavy (non-hydrogen) atoms. The standard InChI is InChI=1S/C10H17N3O2S/c1-7-6-16-9(12-7)8(10(14)15)11-4-5-13(2)3/h6,8,11H,4-5H2,1-3H3,(H,14,15). The van der Waals surface area contributed by atoms with Crippen LogP contribution in [0.5, 0.6) is 0 Å². The monoisotopic (exact) mass is 243 g/mol. The molecule has 1 heterocycles. The molecule has 2 N–H and O–H groups in total. The van der Waals surface area contributed by atoms with E-state index in [1.807, 2.05) is 31.3 Å². The van der Waals surface area contributed by atoms with E-state index in [-0.39, 0.29) is 0 Å². The summed E-state index contributed by atoms with van der Waals surface area (Å²) in [6.45, 7) is 3.29. The molecule has 1 rings (SSSR count). The summed E-state index contributed by atoms with van der Waals surface area (Å²) in [7, 11) is 3.90. The molecule has 0 fully saturated rings. The van der Waals surface area contributed by atoms with Gasteiger partial charge in [-0.25, -0.2) is 4.98 Å². The quantitative estimate of drug-likeness (QED) is 0.771. The van der Waals surface area contributed by atoms with Crippen LogP contribution in [-0.2, 0) is 4.79 Å². The topological polar surface area (TPSA) is 65.5 Å². The molecule has 0 aromatic carbocycles. The summed E-state index contributed by atoms with van der Waals surface area (Å²) in [5.74, 6) is -0.881. The largest absolute Gasteiger partial charge is 0.480 e. The lowest BCUT2D eigenvalue weighted by Gasteiger charge is -2.14. The Balaban J connectivity index is 2.58. The van der Waals surface area contributed by atoms with Gasteiger partial charge in [-0.3, -0.25) is 10.1 Å². The van der Waals surface area contributed by atoms with Crippen molar-refractivity contribution >= 4 is 17.3 Å². The fraction of sp³-hybridized carbons (Fsp3) is 0.600. The van der Waals surface area contributed by atoms with Crippen molar-refractivity contribution in [2.75, 3.05) is 27.2 Å². The van der Waals surface area contributed by atoms with Crippen molar-refractivity contribution in [3.05, 3.63) is 16.1 Å². The average Bonchev–Trinajstić information content (AvgIpc) is 2.58. The summed E-state index contributed by atoms with van der Waals surface area (Å²) in [5.41, 5.74) is 0.862. The highest BCUT2D eigenvalue weighted by molar-refractivity contribution is 7.09. The summed E-state index contributed by atoms with van der Waals surface area (Å²) in [6, 6.07) is -0.696. The van der Waals surface area contributed by atoms with Gasteiger partial charge < -0.3 is 10.0 Å². The van der Waals surface area contributed by atoms with Gasteiger partial charge in [0.05, 0.1) is 0 Å². The normalized spacial score (nSPS) is 13.0. The minimum Gasteiger partial charge on any atom is -0.480 e. The van der Waals surface area contributed by atoms with E-state index in [1.165, 1.54) is 11.3 Å². The number of hydrogen-bond donors (Lipinski definition) is 2. The Morgan fingerprint density at radius 2 is 2.38 bits per heavy atom. The maximum atomic E-state index is 11.1. The number of nitrogens with one attached hydrogen (secondary N) is 1. The lowest BCUT2D eigenvalue weighted by Crippen LogP contribution is -2.33. The summed E-state index contributed by atoms with van der Waals surface area (Å²) in [4.78, 5) is 17.3. The Bertz CT molecular complexity index is 352. The first-order valence-electron chi connectivity index (χ1n) is 5.03. The molecule has 90 valence electrons. The lowest BCUT2D eigenvalue weighted by atomic mass is 10.3.